The summed E-state index contributed by atoms with van der Waals surface area (Å²) in [5, 5.41) is 10.3. The Kier molecular flexibility index (Phi) is 7.00. The first-order valence-electron chi connectivity index (χ1n) is 19.0. The molecule has 0 bridgehead atoms. The zero-order valence-electron chi connectivity index (χ0n) is 30.2. The fraction of sp³-hybridized carbons (Fsp3) is 0. The number of nitrogens with zero attached hydrogens (tertiary/aromatic N) is 2. The molecule has 2 nitrogen and oxygen atoms in total. The second-order valence-electron chi connectivity index (χ2n) is 14.5. The van der Waals surface area contributed by atoms with Crippen LogP contribution in [0.3, 0.4) is 0 Å². The van der Waals surface area contributed by atoms with Gasteiger partial charge in [0.1, 0.15) is 0 Å². The first kappa shape index (κ1) is 31.6. The molecule has 0 aliphatic rings. The summed E-state index contributed by atoms with van der Waals surface area (Å²) >= 11 is 3.75. The Morgan fingerprint density at radius 2 is 0.964 bits per heavy atom. The molecule has 0 spiro atoms. The average Bonchev–Trinajstić information content (AvgIpc) is 3.92. The summed E-state index contributed by atoms with van der Waals surface area (Å²) in [5.74, 6) is 0. The fourth-order valence-corrected chi connectivity index (χ4v) is 11.1. The summed E-state index contributed by atoms with van der Waals surface area (Å²) < 4.78 is 7.70. The first-order chi connectivity index (χ1) is 27.7. The smallest absolute Gasteiger partial charge is 0.0547 e. The van der Waals surface area contributed by atoms with E-state index < -0.39 is 0 Å². The van der Waals surface area contributed by atoms with Gasteiger partial charge in [-0.1, -0.05) is 115 Å². The van der Waals surface area contributed by atoms with E-state index >= 15 is 0 Å². The molecule has 12 aromatic rings. The minimum absolute atomic E-state index is 1.12. The van der Waals surface area contributed by atoms with E-state index in [2.05, 4.69) is 204 Å². The average molecular weight is 749 g/mol. The molecule has 12 rings (SSSR count). The molecule has 0 aliphatic carbocycles. The van der Waals surface area contributed by atoms with Gasteiger partial charge in [-0.3, -0.25) is 0 Å². The molecule has 0 unspecified atom stereocenters. The van der Waals surface area contributed by atoms with E-state index in [0.29, 0.717) is 0 Å². The molecule has 0 N–H and O–H groups in total. The Morgan fingerprint density at radius 1 is 0.357 bits per heavy atom. The molecular weight excluding hydrogens is 717 g/mol. The molecule has 0 saturated carbocycles. The number of hydrogen-bond donors (Lipinski definition) is 0. The minimum atomic E-state index is 1.12. The summed E-state index contributed by atoms with van der Waals surface area (Å²) in [6.45, 7) is 0. The van der Waals surface area contributed by atoms with Gasteiger partial charge in [-0.25, -0.2) is 0 Å². The number of fused-ring (bicyclic) bond motifs is 10. The van der Waals surface area contributed by atoms with Crippen LogP contribution in [0.1, 0.15) is 0 Å². The maximum Gasteiger partial charge on any atom is 0.0547 e. The van der Waals surface area contributed by atoms with Crippen LogP contribution in [-0.2, 0) is 0 Å². The van der Waals surface area contributed by atoms with Crippen LogP contribution in [0.15, 0.2) is 194 Å². The lowest BCUT2D eigenvalue weighted by atomic mass is 10.0. The van der Waals surface area contributed by atoms with Crippen LogP contribution in [0, 0.1) is 0 Å². The first-order valence-corrected chi connectivity index (χ1v) is 20.6. The Bertz CT molecular complexity index is 3480. The third-order valence-electron chi connectivity index (χ3n) is 11.3. The molecule has 262 valence electrons. The van der Waals surface area contributed by atoms with Crippen LogP contribution < -0.4 is 4.90 Å². The highest BCUT2D eigenvalue weighted by molar-refractivity contribution is 7.26. The van der Waals surface area contributed by atoms with E-state index in [1.165, 1.54) is 89.7 Å². The van der Waals surface area contributed by atoms with Crippen LogP contribution >= 0.6 is 22.7 Å². The van der Waals surface area contributed by atoms with Crippen molar-refractivity contribution in [2.45, 2.75) is 0 Å². The quantitative estimate of drug-likeness (QED) is 0.170. The van der Waals surface area contributed by atoms with Crippen molar-refractivity contribution in [2.24, 2.45) is 0 Å². The van der Waals surface area contributed by atoms with Gasteiger partial charge in [0.05, 0.1) is 11.0 Å². The van der Waals surface area contributed by atoms with Gasteiger partial charge in [0.25, 0.3) is 0 Å². The highest BCUT2D eigenvalue weighted by Crippen LogP contribution is 2.45. The number of hydrogen-bond acceptors (Lipinski definition) is 3. The lowest BCUT2D eigenvalue weighted by Crippen LogP contribution is -2.09. The monoisotopic (exact) mass is 748 g/mol. The number of rotatable bonds is 5. The van der Waals surface area contributed by atoms with Crippen molar-refractivity contribution in [1.82, 2.24) is 4.57 Å². The molecule has 0 radical (unpaired) electrons. The van der Waals surface area contributed by atoms with Crippen molar-refractivity contribution in [1.29, 1.82) is 0 Å². The molecule has 0 aliphatic heterocycles. The summed E-state index contributed by atoms with van der Waals surface area (Å²) in [4.78, 5) is 2.38. The largest absolute Gasteiger partial charge is 0.310 e. The van der Waals surface area contributed by atoms with Crippen molar-refractivity contribution in [3.05, 3.63) is 194 Å². The maximum atomic E-state index is 2.47. The molecule has 0 amide bonds. The SMILES string of the molecule is c1ccc(N(c2ccc(-c3cc(-n4c5ccccc5c5cc6ccccc6cc54)cc4c3sc3ccccc34)cc2)c2ccc3c(c2)sc2ccccc23)cc1. The van der Waals surface area contributed by atoms with Gasteiger partial charge < -0.3 is 9.47 Å². The number of benzene rings is 9. The van der Waals surface area contributed by atoms with Crippen molar-refractivity contribution >= 4 is 113 Å². The van der Waals surface area contributed by atoms with E-state index in [1.807, 2.05) is 22.7 Å². The molecule has 0 atom stereocenters. The number of thiophene rings is 2. The molecule has 56 heavy (non-hydrogen) atoms. The lowest BCUT2D eigenvalue weighted by Gasteiger charge is -2.26. The Hall–Kier alpha value is -6.72. The minimum Gasteiger partial charge on any atom is -0.310 e. The predicted octanol–water partition coefficient (Wildman–Crippen LogP) is 15.8. The third kappa shape index (κ3) is 4.86. The van der Waals surface area contributed by atoms with Gasteiger partial charge in [-0.05, 0) is 95.2 Å². The van der Waals surface area contributed by atoms with Crippen LogP contribution in [0.4, 0.5) is 17.1 Å². The van der Waals surface area contributed by atoms with Crippen molar-refractivity contribution < 1.29 is 0 Å². The van der Waals surface area contributed by atoms with Crippen LogP contribution in [0.5, 0.6) is 0 Å². The normalized spacial score (nSPS) is 11.9. The van der Waals surface area contributed by atoms with Gasteiger partial charge in [-0.15, -0.1) is 22.7 Å². The fourth-order valence-electron chi connectivity index (χ4n) is 8.76. The van der Waals surface area contributed by atoms with E-state index in [0.717, 1.165) is 17.1 Å². The van der Waals surface area contributed by atoms with Crippen molar-refractivity contribution in [2.75, 3.05) is 4.90 Å². The summed E-state index contributed by atoms with van der Waals surface area (Å²) in [6.07, 6.45) is 0. The zero-order chi connectivity index (χ0) is 36.7. The Morgan fingerprint density at radius 3 is 1.77 bits per heavy atom. The van der Waals surface area contributed by atoms with Crippen LogP contribution in [-0.4, -0.2) is 4.57 Å². The molecule has 3 aromatic heterocycles. The highest BCUT2D eigenvalue weighted by atomic mass is 32.1. The van der Waals surface area contributed by atoms with E-state index in [1.54, 1.807) is 0 Å². The number of para-hydroxylation sites is 2. The predicted molar refractivity (Wildman–Crippen MR) is 244 cm³/mol. The summed E-state index contributed by atoms with van der Waals surface area (Å²) in [6, 6.07) is 71.5. The molecule has 4 heteroatoms. The summed E-state index contributed by atoms with van der Waals surface area (Å²) in [5.41, 5.74) is 9.46. The van der Waals surface area contributed by atoms with Crippen molar-refractivity contribution in [3.8, 4) is 16.8 Å². The molecular formula is C52H32N2S2. The van der Waals surface area contributed by atoms with Gasteiger partial charge in [0.2, 0.25) is 0 Å². The van der Waals surface area contributed by atoms with Gasteiger partial charge in [-0.2, -0.15) is 0 Å². The topological polar surface area (TPSA) is 8.17 Å². The number of aromatic nitrogens is 1. The lowest BCUT2D eigenvalue weighted by molar-refractivity contribution is 1.19. The third-order valence-corrected chi connectivity index (χ3v) is 13.7. The number of anilines is 3. The second-order valence-corrected chi connectivity index (χ2v) is 16.7. The maximum absolute atomic E-state index is 2.47. The molecule has 0 fully saturated rings. The second kappa shape index (κ2) is 12.4. The van der Waals surface area contributed by atoms with E-state index in [9.17, 15) is 0 Å². The van der Waals surface area contributed by atoms with Crippen LogP contribution in [0.2, 0.25) is 0 Å². The standard InChI is InChI=1S/C52H32N2S2/c1-2-14-36(15-3-1)53(38-26-27-43-41-17-7-10-20-49(41)55-51(43)32-38)37-24-22-33(23-25-37)44-30-39(31-46-42-18-8-11-21-50(42)56-52(44)46)54-47-19-9-6-16-40(47)45-28-34-12-4-5-13-35(34)29-48(45)54/h1-32H. The molecule has 0 saturated heterocycles. The zero-order valence-corrected chi connectivity index (χ0v) is 31.8. The highest BCUT2D eigenvalue weighted by Gasteiger charge is 2.19. The Balaban J connectivity index is 1.05. The molecule has 3 heterocycles. The van der Waals surface area contributed by atoms with Gasteiger partial charge in [0, 0.05) is 79.4 Å². The van der Waals surface area contributed by atoms with Crippen LogP contribution in [0.25, 0.3) is 89.7 Å². The van der Waals surface area contributed by atoms with E-state index in [4.69, 9.17) is 0 Å². The Labute approximate surface area is 331 Å². The van der Waals surface area contributed by atoms with Gasteiger partial charge in [0.15, 0.2) is 0 Å². The van der Waals surface area contributed by atoms with Crippen molar-refractivity contribution in [3.63, 3.8) is 0 Å². The van der Waals surface area contributed by atoms with Gasteiger partial charge >= 0.3 is 0 Å². The summed E-state index contributed by atoms with van der Waals surface area (Å²) in [7, 11) is 0. The van der Waals surface area contributed by atoms with E-state index in [-0.39, 0.29) is 0 Å². The molecule has 9 aromatic carbocycles.